The van der Waals surface area contributed by atoms with E-state index in [9.17, 15) is 0 Å². The zero-order chi connectivity index (χ0) is 13.8. The molecular formula is C15H27N3. The lowest BCUT2D eigenvalue weighted by atomic mass is 10.2. The first-order valence-corrected chi connectivity index (χ1v) is 6.57. The fraction of sp³-hybridized carbons (Fsp3) is 0.667. The summed E-state index contributed by atoms with van der Waals surface area (Å²) in [6.07, 6.45) is 9.95. The molecule has 0 spiro atoms. The molecule has 0 atom stereocenters. The van der Waals surface area contributed by atoms with Crippen molar-refractivity contribution in [2.24, 2.45) is 4.99 Å². The molecule has 1 aliphatic rings. The van der Waals surface area contributed by atoms with Crippen molar-refractivity contribution in [3.63, 3.8) is 0 Å². The minimum absolute atomic E-state index is 1.05. The number of terminal acetylenes is 1. The molecule has 0 aromatic heterocycles. The highest BCUT2D eigenvalue weighted by Gasteiger charge is 2.13. The summed E-state index contributed by atoms with van der Waals surface area (Å²) in [5.74, 6) is 2.25. The van der Waals surface area contributed by atoms with Crippen LogP contribution in [0.3, 0.4) is 0 Å². The number of allylic oxidation sites excluding steroid dienone is 1. The normalized spacial score (nSPS) is 18.3. The molecular weight excluding hydrogens is 222 g/mol. The molecule has 0 unspecified atom stereocenters. The second kappa shape index (κ2) is 11.0. The van der Waals surface area contributed by atoms with Gasteiger partial charge in [0.1, 0.15) is 0 Å². The van der Waals surface area contributed by atoms with E-state index in [0.717, 1.165) is 13.0 Å². The molecule has 18 heavy (non-hydrogen) atoms. The quantitative estimate of drug-likeness (QED) is 0.560. The van der Waals surface area contributed by atoms with E-state index in [1.807, 2.05) is 13.3 Å². The number of hydrogen-bond donors (Lipinski definition) is 0. The fourth-order valence-electron chi connectivity index (χ4n) is 1.85. The Morgan fingerprint density at radius 2 is 1.89 bits per heavy atom. The summed E-state index contributed by atoms with van der Waals surface area (Å²) in [5, 5.41) is 0. The average molecular weight is 249 g/mol. The number of likely N-dealkylation sites (N-methyl/N-ethyl adjacent to an activating group) is 1. The van der Waals surface area contributed by atoms with Crippen LogP contribution >= 0.6 is 0 Å². The Labute approximate surface area is 113 Å². The second-order valence-corrected chi connectivity index (χ2v) is 4.44. The summed E-state index contributed by atoms with van der Waals surface area (Å²) in [6.45, 7) is 9.60. The van der Waals surface area contributed by atoms with E-state index in [4.69, 9.17) is 0 Å². The fourth-order valence-corrected chi connectivity index (χ4v) is 1.85. The third kappa shape index (κ3) is 8.05. The number of aliphatic imine (C=N–C) groups is 1. The first-order chi connectivity index (χ1) is 8.67. The largest absolute Gasteiger partial charge is 0.304 e. The van der Waals surface area contributed by atoms with Crippen LogP contribution in [-0.2, 0) is 0 Å². The maximum atomic E-state index is 4.60. The van der Waals surface area contributed by atoms with E-state index in [0.29, 0.717) is 0 Å². The lowest BCUT2D eigenvalue weighted by Gasteiger charge is -2.32. The smallest absolute Gasteiger partial charge is 0.0277 e. The highest BCUT2D eigenvalue weighted by molar-refractivity contribution is 5.78. The summed E-state index contributed by atoms with van der Waals surface area (Å²) < 4.78 is 0. The molecule has 1 saturated heterocycles. The first-order valence-electron chi connectivity index (χ1n) is 6.57. The average Bonchev–Trinajstić information content (AvgIpc) is 2.34. The zero-order valence-electron chi connectivity index (χ0n) is 12.3. The Morgan fingerprint density at radius 1 is 1.33 bits per heavy atom. The molecule has 0 aromatic rings. The minimum Gasteiger partial charge on any atom is -0.304 e. The van der Waals surface area contributed by atoms with E-state index in [2.05, 4.69) is 47.2 Å². The molecule has 1 fully saturated rings. The van der Waals surface area contributed by atoms with Crippen molar-refractivity contribution < 1.29 is 0 Å². The molecule has 0 bridgehead atoms. The lowest BCUT2D eigenvalue weighted by molar-refractivity contribution is 0.165. The van der Waals surface area contributed by atoms with E-state index < -0.39 is 0 Å². The van der Waals surface area contributed by atoms with Crippen LogP contribution in [0.5, 0.6) is 0 Å². The standard InChI is InChI=1S/C12H23N3.C3H4/c1-4-5-12(10-13-2)11-15-8-6-14(3)7-9-15;1-3-2/h5,10H,4,6-9,11H2,1-3H3;1H,2H3/b12-5+,13-10?;. The van der Waals surface area contributed by atoms with Crippen LogP contribution in [0, 0.1) is 12.3 Å². The van der Waals surface area contributed by atoms with Gasteiger partial charge in [0, 0.05) is 46.0 Å². The molecule has 1 heterocycles. The van der Waals surface area contributed by atoms with E-state index >= 15 is 0 Å². The number of piperazine rings is 1. The molecule has 3 nitrogen and oxygen atoms in total. The van der Waals surface area contributed by atoms with Crippen LogP contribution in [0.25, 0.3) is 0 Å². The van der Waals surface area contributed by atoms with Gasteiger partial charge < -0.3 is 4.90 Å². The van der Waals surface area contributed by atoms with Crippen molar-refractivity contribution >= 4 is 6.21 Å². The maximum Gasteiger partial charge on any atom is 0.0277 e. The molecule has 0 aromatic carbocycles. The van der Waals surface area contributed by atoms with Gasteiger partial charge in [-0.3, -0.25) is 9.89 Å². The van der Waals surface area contributed by atoms with Crippen molar-refractivity contribution in [2.75, 3.05) is 46.8 Å². The summed E-state index contributed by atoms with van der Waals surface area (Å²) in [5.41, 5.74) is 1.35. The van der Waals surface area contributed by atoms with E-state index in [-0.39, 0.29) is 0 Å². The molecule has 0 saturated carbocycles. The summed E-state index contributed by atoms with van der Waals surface area (Å²) in [4.78, 5) is 8.99. The Morgan fingerprint density at radius 3 is 2.33 bits per heavy atom. The van der Waals surface area contributed by atoms with Crippen LogP contribution in [0.4, 0.5) is 0 Å². The van der Waals surface area contributed by atoms with E-state index in [1.165, 1.54) is 31.8 Å². The van der Waals surface area contributed by atoms with Gasteiger partial charge in [-0.25, -0.2) is 0 Å². The van der Waals surface area contributed by atoms with Gasteiger partial charge in [0.15, 0.2) is 0 Å². The van der Waals surface area contributed by atoms with Gasteiger partial charge in [-0.15, -0.1) is 12.3 Å². The minimum atomic E-state index is 1.05. The van der Waals surface area contributed by atoms with Gasteiger partial charge in [0.05, 0.1) is 0 Å². The predicted octanol–water partition coefficient (Wildman–Crippen LogP) is 1.91. The Balaban J connectivity index is 0.000000873. The number of nitrogens with zero attached hydrogens (tertiary/aromatic N) is 3. The highest BCUT2D eigenvalue weighted by atomic mass is 15.2. The van der Waals surface area contributed by atoms with Crippen LogP contribution in [0.2, 0.25) is 0 Å². The molecule has 3 heteroatoms. The van der Waals surface area contributed by atoms with Gasteiger partial charge in [-0.05, 0) is 26.0 Å². The summed E-state index contributed by atoms with van der Waals surface area (Å²) in [7, 11) is 4.03. The van der Waals surface area contributed by atoms with Gasteiger partial charge in [0.25, 0.3) is 0 Å². The van der Waals surface area contributed by atoms with Crippen LogP contribution < -0.4 is 0 Å². The van der Waals surface area contributed by atoms with Gasteiger partial charge >= 0.3 is 0 Å². The molecule has 102 valence electrons. The van der Waals surface area contributed by atoms with Crippen molar-refractivity contribution in [1.82, 2.24) is 9.80 Å². The van der Waals surface area contributed by atoms with Crippen LogP contribution in [0.15, 0.2) is 16.6 Å². The molecule has 0 N–H and O–H groups in total. The van der Waals surface area contributed by atoms with Crippen molar-refractivity contribution in [3.05, 3.63) is 11.6 Å². The molecule has 0 radical (unpaired) electrons. The van der Waals surface area contributed by atoms with E-state index in [1.54, 1.807) is 6.92 Å². The summed E-state index contributed by atoms with van der Waals surface area (Å²) in [6, 6.07) is 0. The molecule has 0 aliphatic carbocycles. The molecule has 0 amide bonds. The lowest BCUT2D eigenvalue weighted by Crippen LogP contribution is -2.45. The Hall–Kier alpha value is -1.11. The summed E-state index contributed by atoms with van der Waals surface area (Å²) >= 11 is 0. The maximum absolute atomic E-state index is 4.60. The van der Waals surface area contributed by atoms with Crippen molar-refractivity contribution in [1.29, 1.82) is 0 Å². The van der Waals surface area contributed by atoms with Gasteiger partial charge in [-0.2, -0.15) is 0 Å². The second-order valence-electron chi connectivity index (χ2n) is 4.44. The van der Waals surface area contributed by atoms with Crippen LogP contribution in [-0.4, -0.2) is 62.8 Å². The van der Waals surface area contributed by atoms with Gasteiger partial charge in [0.2, 0.25) is 0 Å². The molecule has 1 aliphatic heterocycles. The highest BCUT2D eigenvalue weighted by Crippen LogP contribution is 2.03. The van der Waals surface area contributed by atoms with Crippen molar-refractivity contribution in [2.45, 2.75) is 20.3 Å². The SMILES string of the molecule is C#CC.CC/C=C(\C=NC)CN1CCN(C)CC1. The first kappa shape index (κ1) is 16.9. The number of rotatable bonds is 4. The topological polar surface area (TPSA) is 18.8 Å². The van der Waals surface area contributed by atoms with Gasteiger partial charge in [-0.1, -0.05) is 13.0 Å². The third-order valence-corrected chi connectivity index (χ3v) is 2.76. The third-order valence-electron chi connectivity index (χ3n) is 2.76. The Bertz CT molecular complexity index is 291. The monoisotopic (exact) mass is 249 g/mol. The number of hydrogen-bond acceptors (Lipinski definition) is 3. The molecule has 1 rings (SSSR count). The predicted molar refractivity (Wildman–Crippen MR) is 81.2 cm³/mol. The zero-order valence-corrected chi connectivity index (χ0v) is 12.3. The van der Waals surface area contributed by atoms with Crippen LogP contribution in [0.1, 0.15) is 20.3 Å². The van der Waals surface area contributed by atoms with Crippen molar-refractivity contribution in [3.8, 4) is 12.3 Å². The Kier molecular flexibility index (Phi) is 10.3.